The topological polar surface area (TPSA) is 20.2 Å². The molecule has 0 spiro atoms. The Hall–Kier alpha value is -0.400. The monoisotopic (exact) mass is 175 g/mol. The number of rotatable bonds is 1. The summed E-state index contributed by atoms with van der Waals surface area (Å²) in [5.74, 6) is 0.207. The summed E-state index contributed by atoms with van der Waals surface area (Å²) in [6.07, 6.45) is 0. The van der Waals surface area contributed by atoms with Crippen LogP contribution in [-0.2, 0) is 0 Å². The summed E-state index contributed by atoms with van der Waals surface area (Å²) in [7, 11) is 0. The lowest BCUT2D eigenvalue weighted by atomic mass is 10.2. The van der Waals surface area contributed by atoms with Gasteiger partial charge in [-0.25, -0.2) is 0 Å². The van der Waals surface area contributed by atoms with E-state index in [-0.39, 0.29) is 10.6 Å². The number of halogens is 2. The highest BCUT2D eigenvalue weighted by molar-refractivity contribution is 6.54. The molecule has 0 amide bonds. The summed E-state index contributed by atoms with van der Waals surface area (Å²) < 4.78 is 0. The fourth-order valence-corrected chi connectivity index (χ4v) is 0.839. The van der Waals surface area contributed by atoms with Crippen LogP contribution in [0.1, 0.15) is 5.56 Å². The summed E-state index contributed by atoms with van der Waals surface area (Å²) in [6, 6.07) is 6.34. The second kappa shape index (κ2) is 3.13. The molecule has 1 aromatic carbocycles. The minimum absolute atomic E-state index is 0.207. The van der Waals surface area contributed by atoms with Gasteiger partial charge in [0.2, 0.25) is 0 Å². The molecule has 1 radical (unpaired) electrons. The minimum atomic E-state index is 0.207. The third-order valence-corrected chi connectivity index (χ3v) is 1.52. The van der Waals surface area contributed by atoms with Crippen LogP contribution in [0.4, 0.5) is 0 Å². The molecular formula is C7H5Cl2O. The van der Waals surface area contributed by atoms with Crippen LogP contribution in [0.15, 0.2) is 24.3 Å². The summed E-state index contributed by atoms with van der Waals surface area (Å²) >= 11 is 10.9. The van der Waals surface area contributed by atoms with E-state index in [1.807, 2.05) is 0 Å². The second-order valence-corrected chi connectivity index (χ2v) is 2.76. The summed E-state index contributed by atoms with van der Waals surface area (Å²) in [5.41, 5.74) is 0.709. The molecule has 3 heteroatoms. The van der Waals surface area contributed by atoms with Crippen molar-refractivity contribution < 1.29 is 5.11 Å². The molecule has 0 aliphatic carbocycles. The standard InChI is InChI=1S/C7H5Cl2O/c8-7(9)5-1-3-6(10)4-2-5/h1-4,10H. The van der Waals surface area contributed by atoms with Gasteiger partial charge < -0.3 is 5.11 Å². The molecule has 0 atom stereocenters. The van der Waals surface area contributed by atoms with Gasteiger partial charge in [-0.2, -0.15) is 0 Å². The molecule has 1 rings (SSSR count). The normalized spacial score (nSPS) is 10.3. The zero-order valence-electron chi connectivity index (χ0n) is 5.01. The highest BCUT2D eigenvalue weighted by Crippen LogP contribution is 2.24. The van der Waals surface area contributed by atoms with Crippen molar-refractivity contribution in [3.05, 3.63) is 34.7 Å². The molecule has 1 N–H and O–H groups in total. The van der Waals surface area contributed by atoms with Gasteiger partial charge in [-0.05, 0) is 17.7 Å². The fourth-order valence-electron chi connectivity index (χ4n) is 0.587. The van der Waals surface area contributed by atoms with Crippen molar-refractivity contribution in [3.8, 4) is 5.75 Å². The molecule has 0 aliphatic heterocycles. The zero-order valence-corrected chi connectivity index (χ0v) is 6.52. The van der Waals surface area contributed by atoms with Gasteiger partial charge in [0.15, 0.2) is 4.84 Å². The van der Waals surface area contributed by atoms with E-state index in [4.69, 9.17) is 28.3 Å². The van der Waals surface area contributed by atoms with Crippen molar-refractivity contribution >= 4 is 23.2 Å². The number of phenolic OH excluding ortho intramolecular Hbond substituents is 1. The lowest BCUT2D eigenvalue weighted by molar-refractivity contribution is 0.475. The Kier molecular flexibility index (Phi) is 2.41. The molecule has 0 aliphatic rings. The van der Waals surface area contributed by atoms with Crippen molar-refractivity contribution in [1.29, 1.82) is 0 Å². The Balaban J connectivity index is 2.89. The molecule has 1 aromatic rings. The van der Waals surface area contributed by atoms with E-state index >= 15 is 0 Å². The molecular weight excluding hydrogens is 171 g/mol. The van der Waals surface area contributed by atoms with Crippen LogP contribution in [-0.4, -0.2) is 5.11 Å². The van der Waals surface area contributed by atoms with Crippen LogP contribution in [0.25, 0.3) is 0 Å². The van der Waals surface area contributed by atoms with Crippen LogP contribution >= 0.6 is 23.2 Å². The Morgan fingerprint density at radius 1 is 1.10 bits per heavy atom. The first kappa shape index (κ1) is 7.70. The summed E-state index contributed by atoms with van der Waals surface area (Å²) in [4.78, 5) is 0.208. The number of hydrogen-bond donors (Lipinski definition) is 1. The molecule has 0 fully saturated rings. The average Bonchev–Trinajstić information content (AvgIpc) is 1.88. The Morgan fingerprint density at radius 2 is 1.60 bits per heavy atom. The molecule has 1 nitrogen and oxygen atoms in total. The van der Waals surface area contributed by atoms with E-state index in [1.54, 1.807) is 12.1 Å². The van der Waals surface area contributed by atoms with E-state index in [2.05, 4.69) is 0 Å². The Morgan fingerprint density at radius 3 is 2.00 bits per heavy atom. The lowest BCUT2D eigenvalue weighted by Crippen LogP contribution is -1.79. The summed E-state index contributed by atoms with van der Waals surface area (Å²) in [6.45, 7) is 0. The van der Waals surface area contributed by atoms with Gasteiger partial charge in [-0.3, -0.25) is 0 Å². The van der Waals surface area contributed by atoms with Crippen LogP contribution in [0.3, 0.4) is 0 Å². The zero-order chi connectivity index (χ0) is 7.56. The van der Waals surface area contributed by atoms with Gasteiger partial charge in [0.1, 0.15) is 5.75 Å². The molecule has 10 heavy (non-hydrogen) atoms. The van der Waals surface area contributed by atoms with Crippen LogP contribution in [0.2, 0.25) is 0 Å². The van der Waals surface area contributed by atoms with E-state index in [0.29, 0.717) is 5.56 Å². The number of hydrogen-bond acceptors (Lipinski definition) is 1. The number of aromatic hydroxyl groups is 1. The molecule has 0 unspecified atom stereocenters. The van der Waals surface area contributed by atoms with Gasteiger partial charge in [0.25, 0.3) is 0 Å². The van der Waals surface area contributed by atoms with Gasteiger partial charge in [0, 0.05) is 0 Å². The van der Waals surface area contributed by atoms with E-state index in [1.165, 1.54) is 12.1 Å². The maximum absolute atomic E-state index is 8.84. The first-order valence-corrected chi connectivity index (χ1v) is 3.43. The van der Waals surface area contributed by atoms with Crippen LogP contribution in [0, 0.1) is 4.84 Å². The molecule has 0 bridgehead atoms. The molecule has 0 aromatic heterocycles. The SMILES string of the molecule is Oc1ccc([C](Cl)Cl)cc1. The largest absolute Gasteiger partial charge is 0.508 e. The third kappa shape index (κ3) is 1.79. The minimum Gasteiger partial charge on any atom is -0.508 e. The second-order valence-electron chi connectivity index (χ2n) is 1.81. The van der Waals surface area contributed by atoms with Gasteiger partial charge in [-0.1, -0.05) is 35.3 Å². The molecule has 53 valence electrons. The number of phenols is 1. The fraction of sp³-hybridized carbons (Fsp3) is 0. The van der Waals surface area contributed by atoms with Crippen molar-refractivity contribution in [2.24, 2.45) is 0 Å². The van der Waals surface area contributed by atoms with Crippen molar-refractivity contribution in [2.45, 2.75) is 0 Å². The third-order valence-electron chi connectivity index (χ3n) is 1.09. The highest BCUT2D eigenvalue weighted by Gasteiger charge is 2.02. The van der Waals surface area contributed by atoms with E-state index in [0.717, 1.165) is 0 Å². The lowest BCUT2D eigenvalue weighted by Gasteiger charge is -1.98. The van der Waals surface area contributed by atoms with E-state index in [9.17, 15) is 0 Å². The van der Waals surface area contributed by atoms with E-state index < -0.39 is 0 Å². The predicted octanol–water partition coefficient (Wildman–Crippen LogP) is 2.71. The molecule has 0 saturated heterocycles. The highest BCUT2D eigenvalue weighted by atomic mass is 35.5. The van der Waals surface area contributed by atoms with Gasteiger partial charge in [-0.15, -0.1) is 0 Å². The van der Waals surface area contributed by atoms with Crippen molar-refractivity contribution in [1.82, 2.24) is 0 Å². The van der Waals surface area contributed by atoms with Crippen LogP contribution in [0.5, 0.6) is 5.75 Å². The van der Waals surface area contributed by atoms with Gasteiger partial charge >= 0.3 is 0 Å². The first-order valence-electron chi connectivity index (χ1n) is 2.67. The molecule has 0 heterocycles. The smallest absolute Gasteiger partial charge is 0.180 e. The summed E-state index contributed by atoms with van der Waals surface area (Å²) in [5, 5.41) is 8.84. The average molecular weight is 176 g/mol. The maximum atomic E-state index is 8.84. The maximum Gasteiger partial charge on any atom is 0.180 e. The quantitative estimate of drug-likeness (QED) is 0.697. The van der Waals surface area contributed by atoms with Crippen molar-refractivity contribution in [2.75, 3.05) is 0 Å². The van der Waals surface area contributed by atoms with Crippen LogP contribution < -0.4 is 0 Å². The number of benzene rings is 1. The van der Waals surface area contributed by atoms with Crippen molar-refractivity contribution in [3.63, 3.8) is 0 Å². The van der Waals surface area contributed by atoms with Gasteiger partial charge in [0.05, 0.1) is 0 Å². The first-order chi connectivity index (χ1) is 4.70. The predicted molar refractivity (Wildman–Crippen MR) is 42.2 cm³/mol. The molecule has 0 saturated carbocycles. The Labute approximate surface area is 69.2 Å². The Bertz CT molecular complexity index is 205.